The van der Waals surface area contributed by atoms with Crippen LogP contribution in [0, 0.1) is 19.8 Å². The molecule has 1 N–H and O–H groups in total. The van der Waals surface area contributed by atoms with E-state index >= 15 is 0 Å². The normalized spacial score (nSPS) is 18.1. The number of nitrogens with zero attached hydrogens (tertiary/aromatic N) is 4. The summed E-state index contributed by atoms with van der Waals surface area (Å²) in [5.41, 5.74) is 1.73. The number of hydrogen-bond acceptors (Lipinski definition) is 5. The van der Waals surface area contributed by atoms with Gasteiger partial charge >= 0.3 is 6.09 Å². The molecule has 2 heterocycles. The molecule has 180 valence electrons. The summed E-state index contributed by atoms with van der Waals surface area (Å²) in [6.45, 7) is 13.2. The monoisotopic (exact) mass is 447 g/mol. The van der Waals surface area contributed by atoms with Crippen molar-refractivity contribution in [3.63, 3.8) is 0 Å². The maximum Gasteiger partial charge on any atom is 0.410 e. The first-order chi connectivity index (χ1) is 15.2. The van der Waals surface area contributed by atoms with Gasteiger partial charge in [0.05, 0.1) is 5.69 Å². The van der Waals surface area contributed by atoms with Crippen LogP contribution < -0.4 is 5.32 Å². The average Bonchev–Trinajstić information content (AvgIpc) is 3.50. The van der Waals surface area contributed by atoms with E-state index < -0.39 is 5.60 Å². The van der Waals surface area contributed by atoms with Crippen molar-refractivity contribution < 1.29 is 14.1 Å². The van der Waals surface area contributed by atoms with Crippen molar-refractivity contribution in [3.8, 4) is 0 Å². The summed E-state index contributed by atoms with van der Waals surface area (Å²) in [7, 11) is 1.84. The van der Waals surface area contributed by atoms with Crippen molar-refractivity contribution in [3.05, 3.63) is 17.0 Å². The van der Waals surface area contributed by atoms with Crippen molar-refractivity contribution in [1.29, 1.82) is 0 Å². The number of ether oxygens (including phenoxy) is 1. The molecular weight excluding hydrogens is 406 g/mol. The third kappa shape index (κ3) is 6.87. The number of hydrogen-bond donors (Lipinski definition) is 1. The minimum Gasteiger partial charge on any atom is -0.444 e. The number of aromatic nitrogens is 1. The smallest absolute Gasteiger partial charge is 0.410 e. The summed E-state index contributed by atoms with van der Waals surface area (Å²) in [5.74, 6) is 2.50. The van der Waals surface area contributed by atoms with E-state index in [0.717, 1.165) is 69.3 Å². The average molecular weight is 448 g/mol. The fourth-order valence-corrected chi connectivity index (χ4v) is 4.32. The highest BCUT2D eigenvalue weighted by atomic mass is 16.6. The van der Waals surface area contributed by atoms with Crippen molar-refractivity contribution >= 4 is 12.1 Å². The van der Waals surface area contributed by atoms with Crippen LogP contribution in [-0.2, 0) is 11.2 Å². The Morgan fingerprint density at radius 2 is 1.94 bits per heavy atom. The maximum absolute atomic E-state index is 12.9. The summed E-state index contributed by atoms with van der Waals surface area (Å²) >= 11 is 0. The van der Waals surface area contributed by atoms with E-state index in [4.69, 9.17) is 9.26 Å². The van der Waals surface area contributed by atoms with Gasteiger partial charge in [0.1, 0.15) is 11.4 Å². The molecule has 0 spiro atoms. The minimum absolute atomic E-state index is 0.162. The van der Waals surface area contributed by atoms with Gasteiger partial charge in [0.2, 0.25) is 0 Å². The number of aliphatic imine (C=N–C) groups is 1. The van der Waals surface area contributed by atoms with Crippen LogP contribution in [0.1, 0.15) is 69.9 Å². The first kappa shape index (κ1) is 24.4. The number of amides is 1. The molecule has 0 aromatic carbocycles. The molecule has 1 saturated carbocycles. The Bertz CT molecular complexity index is 767. The summed E-state index contributed by atoms with van der Waals surface area (Å²) in [4.78, 5) is 21.6. The van der Waals surface area contributed by atoms with Crippen LogP contribution >= 0.6 is 0 Å². The zero-order valence-corrected chi connectivity index (χ0v) is 20.7. The SMILES string of the molecule is CN=C(NCCCc1c(C)noc1C)N1CCC(N(CC2CC2)C(=O)OC(C)(C)C)CC1. The van der Waals surface area contributed by atoms with Crippen LogP contribution in [0.25, 0.3) is 0 Å². The third-order valence-electron chi connectivity index (χ3n) is 6.26. The largest absolute Gasteiger partial charge is 0.444 e. The van der Waals surface area contributed by atoms with Crippen molar-refractivity contribution in [2.45, 2.75) is 84.8 Å². The predicted molar refractivity (Wildman–Crippen MR) is 126 cm³/mol. The molecule has 8 heteroatoms. The number of rotatable bonds is 7. The summed E-state index contributed by atoms with van der Waals surface area (Å²) < 4.78 is 11.0. The van der Waals surface area contributed by atoms with Crippen molar-refractivity contribution in [2.24, 2.45) is 10.9 Å². The number of carbonyl (C=O) groups excluding carboxylic acids is 1. The molecule has 0 atom stereocenters. The molecule has 1 aromatic heterocycles. The molecule has 0 bridgehead atoms. The van der Waals surface area contributed by atoms with Crippen molar-refractivity contribution in [1.82, 2.24) is 20.3 Å². The van der Waals surface area contributed by atoms with Crippen LogP contribution in [-0.4, -0.2) is 71.9 Å². The molecule has 1 aromatic rings. The first-order valence-corrected chi connectivity index (χ1v) is 12.0. The Labute approximate surface area is 192 Å². The predicted octanol–water partition coefficient (Wildman–Crippen LogP) is 3.91. The Morgan fingerprint density at radius 3 is 2.47 bits per heavy atom. The second-order valence-electron chi connectivity index (χ2n) is 10.2. The molecule has 32 heavy (non-hydrogen) atoms. The van der Waals surface area contributed by atoms with E-state index in [1.807, 2.05) is 46.6 Å². The van der Waals surface area contributed by atoms with Gasteiger partial charge in [-0.2, -0.15) is 0 Å². The molecule has 1 saturated heterocycles. The second kappa shape index (κ2) is 10.6. The van der Waals surface area contributed by atoms with Gasteiger partial charge in [-0.05, 0) is 79.1 Å². The third-order valence-corrected chi connectivity index (χ3v) is 6.26. The molecular formula is C24H41N5O3. The fourth-order valence-electron chi connectivity index (χ4n) is 4.32. The summed E-state index contributed by atoms with van der Waals surface area (Å²) in [6.07, 6.45) is 6.10. The van der Waals surface area contributed by atoms with E-state index in [1.165, 1.54) is 18.4 Å². The zero-order valence-electron chi connectivity index (χ0n) is 20.7. The van der Waals surface area contributed by atoms with Gasteiger partial charge in [0.25, 0.3) is 0 Å². The summed E-state index contributed by atoms with van der Waals surface area (Å²) in [5, 5.41) is 7.53. The van der Waals surface area contributed by atoms with E-state index in [2.05, 4.69) is 20.4 Å². The van der Waals surface area contributed by atoms with Gasteiger partial charge in [0.15, 0.2) is 5.96 Å². The van der Waals surface area contributed by atoms with Crippen LogP contribution in [0.3, 0.4) is 0 Å². The lowest BCUT2D eigenvalue weighted by Gasteiger charge is -2.40. The number of piperidine rings is 1. The van der Waals surface area contributed by atoms with Gasteiger partial charge in [-0.3, -0.25) is 4.99 Å². The standard InChI is InChI=1S/C24H41N5O3/c1-17-21(18(2)32-27-17)8-7-13-26-22(25-6)28-14-11-20(12-15-28)29(16-19-9-10-19)23(30)31-24(3,4)5/h19-20H,7-16H2,1-6H3,(H,25,26). The molecule has 1 aliphatic carbocycles. The Balaban J connectivity index is 1.47. The van der Waals surface area contributed by atoms with Crippen LogP contribution in [0.5, 0.6) is 0 Å². The Morgan fingerprint density at radius 1 is 1.25 bits per heavy atom. The lowest BCUT2D eigenvalue weighted by Crippen LogP contribution is -2.52. The first-order valence-electron chi connectivity index (χ1n) is 12.0. The Hall–Kier alpha value is -2.25. The number of likely N-dealkylation sites (tertiary alicyclic amines) is 1. The molecule has 3 rings (SSSR count). The van der Waals surface area contributed by atoms with Gasteiger partial charge in [0, 0.05) is 44.8 Å². The van der Waals surface area contributed by atoms with Gasteiger partial charge in [-0.1, -0.05) is 5.16 Å². The van der Waals surface area contributed by atoms with Gasteiger partial charge in [-0.25, -0.2) is 4.79 Å². The molecule has 1 amide bonds. The fraction of sp³-hybridized carbons (Fsp3) is 0.792. The number of nitrogens with one attached hydrogen (secondary N) is 1. The second-order valence-corrected chi connectivity index (χ2v) is 10.2. The number of carbonyl (C=O) groups is 1. The van der Waals surface area contributed by atoms with E-state index in [-0.39, 0.29) is 12.1 Å². The molecule has 0 radical (unpaired) electrons. The van der Waals surface area contributed by atoms with Crippen molar-refractivity contribution in [2.75, 3.05) is 33.2 Å². The number of aryl methyl sites for hydroxylation is 2. The topological polar surface area (TPSA) is 83.2 Å². The lowest BCUT2D eigenvalue weighted by atomic mass is 10.0. The van der Waals surface area contributed by atoms with Crippen LogP contribution in [0.2, 0.25) is 0 Å². The highest BCUT2D eigenvalue weighted by Gasteiger charge is 2.35. The van der Waals surface area contributed by atoms with Gasteiger partial charge < -0.3 is 24.4 Å². The highest BCUT2D eigenvalue weighted by Crippen LogP contribution is 2.32. The molecule has 2 fully saturated rings. The quantitative estimate of drug-likeness (QED) is 0.388. The molecule has 2 aliphatic rings. The van der Waals surface area contributed by atoms with E-state index in [1.54, 1.807) is 0 Å². The maximum atomic E-state index is 12.9. The van der Waals surface area contributed by atoms with Gasteiger partial charge in [-0.15, -0.1) is 0 Å². The Kier molecular flexibility index (Phi) is 8.06. The number of guanidine groups is 1. The van der Waals surface area contributed by atoms with E-state index in [0.29, 0.717) is 5.92 Å². The molecule has 8 nitrogen and oxygen atoms in total. The zero-order chi connectivity index (χ0) is 23.3. The molecule has 0 unspecified atom stereocenters. The lowest BCUT2D eigenvalue weighted by molar-refractivity contribution is 0.00928. The van der Waals surface area contributed by atoms with Crippen LogP contribution in [0.15, 0.2) is 9.52 Å². The van der Waals surface area contributed by atoms with E-state index in [9.17, 15) is 4.79 Å². The summed E-state index contributed by atoms with van der Waals surface area (Å²) in [6, 6.07) is 0.236. The minimum atomic E-state index is -0.463. The highest BCUT2D eigenvalue weighted by molar-refractivity contribution is 5.80. The van der Waals surface area contributed by atoms with Crippen LogP contribution in [0.4, 0.5) is 4.79 Å². The molecule has 1 aliphatic heterocycles.